The van der Waals surface area contributed by atoms with Crippen LogP contribution in [0.15, 0.2) is 34.7 Å². The first-order valence-electron chi connectivity index (χ1n) is 8.92. The van der Waals surface area contributed by atoms with Crippen molar-refractivity contribution >= 4 is 16.1 Å². The van der Waals surface area contributed by atoms with Crippen LogP contribution in [-0.4, -0.2) is 24.0 Å². The molecule has 0 fully saturated rings. The Morgan fingerprint density at radius 1 is 1.08 bits per heavy atom. The van der Waals surface area contributed by atoms with E-state index < -0.39 is 16.1 Å². The molecule has 0 bridgehead atoms. The highest BCUT2D eigenvalue weighted by atomic mass is 32.2. The number of unbranched alkanes of at least 4 members (excludes halogenated alkanes) is 2. The zero-order valence-corrected chi connectivity index (χ0v) is 16.7. The summed E-state index contributed by atoms with van der Waals surface area (Å²) >= 11 is 0. The van der Waals surface area contributed by atoms with Crippen molar-refractivity contribution in [2.24, 2.45) is 0 Å². The van der Waals surface area contributed by atoms with Crippen LogP contribution in [-0.2, 0) is 25.7 Å². The van der Waals surface area contributed by atoms with Crippen molar-refractivity contribution in [3.8, 4) is 0 Å². The molecule has 0 saturated heterocycles. The third kappa shape index (κ3) is 4.18. The van der Waals surface area contributed by atoms with Crippen molar-refractivity contribution in [2.45, 2.75) is 75.5 Å². The zero-order chi connectivity index (χ0) is 19.8. The van der Waals surface area contributed by atoms with Crippen LogP contribution in [0.2, 0.25) is 0 Å². The average molecular weight is 381 g/mol. The number of rotatable bonds is 7. The number of carboxylic acid groups (broad SMARTS) is 1. The van der Waals surface area contributed by atoms with E-state index in [1.54, 1.807) is 12.1 Å². The number of allylic oxidation sites excluding steroid dienone is 2. The molecule has 1 aliphatic rings. The van der Waals surface area contributed by atoms with Crippen LogP contribution in [0.5, 0.6) is 0 Å². The molecule has 6 heteroatoms. The van der Waals surface area contributed by atoms with Gasteiger partial charge in [0.05, 0.1) is 4.90 Å². The summed E-state index contributed by atoms with van der Waals surface area (Å²) in [5.41, 5.74) is 2.58. The molecule has 0 saturated carbocycles. The SMILES string of the molecule is CC1=CC(C)(CCCCCC(=O)O)c2ccc(S(=O)(=O)O)cc2C1(C)C. The van der Waals surface area contributed by atoms with Gasteiger partial charge in [0.25, 0.3) is 10.1 Å². The van der Waals surface area contributed by atoms with E-state index >= 15 is 0 Å². The Morgan fingerprint density at radius 3 is 2.31 bits per heavy atom. The molecule has 1 atom stereocenters. The minimum atomic E-state index is -4.25. The molecule has 1 unspecified atom stereocenters. The maximum atomic E-state index is 11.6. The van der Waals surface area contributed by atoms with E-state index in [1.165, 1.54) is 6.07 Å². The van der Waals surface area contributed by atoms with E-state index in [4.69, 9.17) is 5.11 Å². The largest absolute Gasteiger partial charge is 0.481 e. The molecule has 1 aromatic carbocycles. The molecule has 1 aromatic rings. The van der Waals surface area contributed by atoms with Gasteiger partial charge in [-0.05, 0) is 43.0 Å². The molecule has 0 radical (unpaired) electrons. The van der Waals surface area contributed by atoms with Gasteiger partial charge in [-0.1, -0.05) is 51.3 Å². The molecule has 5 nitrogen and oxygen atoms in total. The highest BCUT2D eigenvalue weighted by molar-refractivity contribution is 7.85. The van der Waals surface area contributed by atoms with Crippen molar-refractivity contribution in [1.29, 1.82) is 0 Å². The van der Waals surface area contributed by atoms with Gasteiger partial charge in [0.1, 0.15) is 0 Å². The molecule has 26 heavy (non-hydrogen) atoms. The van der Waals surface area contributed by atoms with Crippen molar-refractivity contribution in [2.75, 3.05) is 0 Å². The number of aliphatic carboxylic acids is 1. The molecular formula is C20H28O5S. The number of hydrogen-bond acceptors (Lipinski definition) is 3. The van der Waals surface area contributed by atoms with Gasteiger partial charge in [0.2, 0.25) is 0 Å². The van der Waals surface area contributed by atoms with Gasteiger partial charge in [-0.3, -0.25) is 9.35 Å². The maximum absolute atomic E-state index is 11.6. The molecule has 1 aliphatic carbocycles. The van der Waals surface area contributed by atoms with Crippen LogP contribution in [0.3, 0.4) is 0 Å². The number of carboxylic acids is 1. The lowest BCUT2D eigenvalue weighted by atomic mass is 9.62. The minimum Gasteiger partial charge on any atom is -0.481 e. The summed E-state index contributed by atoms with van der Waals surface area (Å²) in [7, 11) is -4.25. The summed E-state index contributed by atoms with van der Waals surface area (Å²) in [6.45, 7) is 8.29. The highest BCUT2D eigenvalue weighted by Crippen LogP contribution is 2.47. The lowest BCUT2D eigenvalue weighted by Crippen LogP contribution is -2.34. The number of carbonyl (C=O) groups is 1. The van der Waals surface area contributed by atoms with E-state index in [1.807, 2.05) is 6.92 Å². The summed E-state index contributed by atoms with van der Waals surface area (Å²) in [6, 6.07) is 4.85. The molecule has 2 rings (SSSR count). The molecule has 0 spiro atoms. The maximum Gasteiger partial charge on any atom is 0.303 e. The van der Waals surface area contributed by atoms with E-state index in [2.05, 4.69) is 26.8 Å². The number of fused-ring (bicyclic) bond motifs is 1. The fourth-order valence-electron chi connectivity index (χ4n) is 3.80. The standard InChI is InChI=1S/C20H28O5S/c1-14-13-20(4,11-7-5-6-8-18(21)22)16-10-9-15(26(23,24)25)12-17(16)19(14,2)3/h9-10,12-13H,5-8,11H2,1-4H3,(H,21,22)(H,23,24,25). The van der Waals surface area contributed by atoms with Crippen LogP contribution < -0.4 is 0 Å². The van der Waals surface area contributed by atoms with E-state index in [-0.39, 0.29) is 22.1 Å². The van der Waals surface area contributed by atoms with Gasteiger partial charge in [-0.2, -0.15) is 8.42 Å². The first-order chi connectivity index (χ1) is 11.9. The third-order valence-corrected chi connectivity index (χ3v) is 6.53. The molecule has 0 aliphatic heterocycles. The lowest BCUT2D eigenvalue weighted by molar-refractivity contribution is -0.137. The van der Waals surface area contributed by atoms with Gasteiger partial charge in [-0.25, -0.2) is 0 Å². The smallest absolute Gasteiger partial charge is 0.303 e. The third-order valence-electron chi connectivity index (χ3n) is 5.69. The van der Waals surface area contributed by atoms with Gasteiger partial charge < -0.3 is 5.11 Å². The second kappa shape index (κ2) is 7.16. The average Bonchev–Trinajstić information content (AvgIpc) is 2.51. The van der Waals surface area contributed by atoms with Gasteiger partial charge in [-0.15, -0.1) is 0 Å². The summed E-state index contributed by atoms with van der Waals surface area (Å²) in [5.74, 6) is -0.769. The molecule has 0 heterocycles. The molecule has 0 amide bonds. The van der Waals surface area contributed by atoms with Crippen molar-refractivity contribution in [1.82, 2.24) is 0 Å². The summed E-state index contributed by atoms with van der Waals surface area (Å²) in [4.78, 5) is 10.6. The normalized spacial score (nSPS) is 21.8. The van der Waals surface area contributed by atoms with Gasteiger partial charge >= 0.3 is 5.97 Å². The molecule has 0 aromatic heterocycles. The fraction of sp³-hybridized carbons (Fsp3) is 0.550. The molecule has 144 valence electrons. The van der Waals surface area contributed by atoms with Crippen LogP contribution in [0.1, 0.15) is 70.9 Å². The van der Waals surface area contributed by atoms with E-state index in [9.17, 15) is 17.8 Å². The predicted octanol–water partition coefficient (Wildman–Crippen LogP) is 4.46. The van der Waals surface area contributed by atoms with Gasteiger partial charge in [0.15, 0.2) is 0 Å². The Bertz CT molecular complexity index is 836. The minimum absolute atomic E-state index is 0.0807. The molecule has 2 N–H and O–H groups in total. The van der Waals surface area contributed by atoms with Crippen LogP contribution in [0, 0.1) is 0 Å². The summed E-state index contributed by atoms with van der Waals surface area (Å²) in [5, 5.41) is 8.75. The Hall–Kier alpha value is -1.66. The van der Waals surface area contributed by atoms with Crippen LogP contribution in [0.4, 0.5) is 0 Å². The zero-order valence-electron chi connectivity index (χ0n) is 15.9. The fourth-order valence-corrected chi connectivity index (χ4v) is 4.31. The first kappa shape index (κ1) is 20.6. The van der Waals surface area contributed by atoms with Crippen molar-refractivity contribution < 1.29 is 22.9 Å². The highest BCUT2D eigenvalue weighted by Gasteiger charge is 2.39. The Morgan fingerprint density at radius 2 is 1.73 bits per heavy atom. The summed E-state index contributed by atoms with van der Waals surface area (Å²) < 4.78 is 32.5. The Kier molecular flexibility index (Phi) is 5.69. The quantitative estimate of drug-likeness (QED) is 0.414. The van der Waals surface area contributed by atoms with E-state index in [0.717, 1.165) is 36.0 Å². The Labute approximate surface area is 155 Å². The summed E-state index contributed by atoms with van der Waals surface area (Å²) in [6.07, 6.45) is 5.70. The van der Waals surface area contributed by atoms with Gasteiger partial charge in [0, 0.05) is 17.3 Å². The van der Waals surface area contributed by atoms with Crippen molar-refractivity contribution in [3.05, 3.63) is 41.0 Å². The Balaban J connectivity index is 2.35. The van der Waals surface area contributed by atoms with Crippen LogP contribution in [0.25, 0.3) is 0 Å². The van der Waals surface area contributed by atoms with E-state index in [0.29, 0.717) is 6.42 Å². The monoisotopic (exact) mass is 380 g/mol. The first-order valence-corrected chi connectivity index (χ1v) is 10.4. The number of hydrogen-bond donors (Lipinski definition) is 2. The topological polar surface area (TPSA) is 91.7 Å². The second-order valence-corrected chi connectivity index (χ2v) is 9.43. The van der Waals surface area contributed by atoms with Crippen LogP contribution >= 0.6 is 0 Å². The molecular weight excluding hydrogens is 352 g/mol. The predicted molar refractivity (Wildman–Crippen MR) is 101 cm³/mol. The van der Waals surface area contributed by atoms with Crippen molar-refractivity contribution in [3.63, 3.8) is 0 Å². The second-order valence-electron chi connectivity index (χ2n) is 8.01. The lowest BCUT2D eigenvalue weighted by Gasteiger charge is -2.42. The number of benzene rings is 1.